The van der Waals surface area contributed by atoms with E-state index in [4.69, 9.17) is 0 Å². The van der Waals surface area contributed by atoms with E-state index in [9.17, 15) is 9.59 Å². The van der Waals surface area contributed by atoms with E-state index in [0.29, 0.717) is 13.1 Å². The molecule has 0 aromatic heterocycles. The van der Waals surface area contributed by atoms with E-state index < -0.39 is 0 Å². The second kappa shape index (κ2) is 7.08. The number of rotatable bonds is 3. The Balaban J connectivity index is 2.03. The van der Waals surface area contributed by atoms with E-state index in [-0.39, 0.29) is 24.5 Å². The first-order chi connectivity index (χ1) is 10.1. The van der Waals surface area contributed by atoms with Crippen molar-refractivity contribution in [1.29, 1.82) is 0 Å². The Labute approximate surface area is 124 Å². The van der Waals surface area contributed by atoms with Crippen LogP contribution in [0.25, 0.3) is 0 Å². The molecule has 1 fully saturated rings. The van der Waals surface area contributed by atoms with E-state index in [2.05, 4.69) is 22.9 Å². The Hall–Kier alpha value is -2.08. The number of benzene rings is 1. The molecule has 1 aliphatic rings. The summed E-state index contributed by atoms with van der Waals surface area (Å²) in [6.45, 7) is 3.37. The molecule has 1 saturated heterocycles. The maximum Gasteiger partial charge on any atom is 0.322 e. The van der Waals surface area contributed by atoms with Crippen LogP contribution in [0.4, 0.5) is 10.5 Å². The standard InChI is InChI=1S/C15H22N4O2/c1-11(16-2)12-5-3-6-13(9-12)18-15(21)19-8-4-7-17-14(20)10-19/h3,5-6,9,11,16H,4,7-8,10H2,1-2H3,(H,17,20)(H,18,21). The summed E-state index contributed by atoms with van der Waals surface area (Å²) in [5.41, 5.74) is 1.84. The highest BCUT2D eigenvalue weighted by molar-refractivity contribution is 5.92. The lowest BCUT2D eigenvalue weighted by Crippen LogP contribution is -2.39. The van der Waals surface area contributed by atoms with Crippen LogP contribution in [0.15, 0.2) is 24.3 Å². The Kier molecular flexibility index (Phi) is 5.16. The van der Waals surface area contributed by atoms with Gasteiger partial charge in [0.2, 0.25) is 5.91 Å². The minimum absolute atomic E-state index is 0.110. The molecule has 6 heteroatoms. The lowest BCUT2D eigenvalue weighted by atomic mass is 10.1. The van der Waals surface area contributed by atoms with Crippen molar-refractivity contribution in [2.45, 2.75) is 19.4 Å². The number of amides is 3. The zero-order valence-corrected chi connectivity index (χ0v) is 12.5. The Morgan fingerprint density at radius 1 is 1.43 bits per heavy atom. The summed E-state index contributed by atoms with van der Waals surface area (Å²) in [6, 6.07) is 7.69. The number of carbonyl (C=O) groups is 2. The first-order valence-electron chi connectivity index (χ1n) is 7.20. The maximum absolute atomic E-state index is 12.2. The van der Waals surface area contributed by atoms with E-state index in [1.165, 1.54) is 4.90 Å². The first-order valence-corrected chi connectivity index (χ1v) is 7.20. The summed E-state index contributed by atoms with van der Waals surface area (Å²) in [7, 11) is 1.89. The summed E-state index contributed by atoms with van der Waals surface area (Å²) >= 11 is 0. The largest absolute Gasteiger partial charge is 0.354 e. The van der Waals surface area contributed by atoms with Crippen molar-refractivity contribution >= 4 is 17.6 Å². The summed E-state index contributed by atoms with van der Waals surface area (Å²) in [5, 5.41) is 8.78. The molecule has 0 aliphatic carbocycles. The van der Waals surface area contributed by atoms with Crippen LogP contribution in [0.1, 0.15) is 24.9 Å². The highest BCUT2D eigenvalue weighted by atomic mass is 16.2. The summed E-state index contributed by atoms with van der Waals surface area (Å²) in [5.74, 6) is -0.111. The van der Waals surface area contributed by atoms with Crippen LogP contribution >= 0.6 is 0 Å². The zero-order valence-electron chi connectivity index (χ0n) is 12.5. The van der Waals surface area contributed by atoms with Crippen LogP contribution in [-0.4, -0.2) is 43.5 Å². The summed E-state index contributed by atoms with van der Waals surface area (Å²) < 4.78 is 0. The number of nitrogens with zero attached hydrogens (tertiary/aromatic N) is 1. The topological polar surface area (TPSA) is 73.5 Å². The molecule has 1 aliphatic heterocycles. The summed E-state index contributed by atoms with van der Waals surface area (Å²) in [4.78, 5) is 25.3. The quantitative estimate of drug-likeness (QED) is 0.786. The molecule has 1 aromatic carbocycles. The van der Waals surface area contributed by atoms with Gasteiger partial charge in [0.1, 0.15) is 6.54 Å². The Morgan fingerprint density at radius 2 is 2.24 bits per heavy atom. The first kappa shape index (κ1) is 15.3. The molecule has 1 heterocycles. The zero-order chi connectivity index (χ0) is 15.2. The second-order valence-electron chi connectivity index (χ2n) is 5.19. The van der Waals surface area contributed by atoms with Gasteiger partial charge >= 0.3 is 6.03 Å². The minimum Gasteiger partial charge on any atom is -0.354 e. The van der Waals surface area contributed by atoms with Gasteiger partial charge in [0.05, 0.1) is 0 Å². The van der Waals surface area contributed by atoms with Crippen molar-refractivity contribution in [1.82, 2.24) is 15.5 Å². The van der Waals surface area contributed by atoms with Gasteiger partial charge in [-0.25, -0.2) is 4.79 Å². The third-order valence-electron chi connectivity index (χ3n) is 3.62. The lowest BCUT2D eigenvalue weighted by molar-refractivity contribution is -0.120. The average molecular weight is 290 g/mol. The highest BCUT2D eigenvalue weighted by Gasteiger charge is 2.19. The van der Waals surface area contributed by atoms with Crippen LogP contribution in [0.2, 0.25) is 0 Å². The molecule has 1 unspecified atom stereocenters. The Bertz CT molecular complexity index is 518. The molecule has 0 spiro atoms. The van der Waals surface area contributed by atoms with Gasteiger partial charge in [-0.15, -0.1) is 0 Å². The average Bonchev–Trinajstić information content (AvgIpc) is 2.71. The third-order valence-corrected chi connectivity index (χ3v) is 3.62. The predicted molar refractivity (Wildman–Crippen MR) is 82.1 cm³/mol. The van der Waals surface area contributed by atoms with E-state index in [1.54, 1.807) is 0 Å². The van der Waals surface area contributed by atoms with Gasteiger partial charge in [0, 0.05) is 24.8 Å². The smallest absolute Gasteiger partial charge is 0.322 e. The van der Waals surface area contributed by atoms with Gasteiger partial charge < -0.3 is 20.9 Å². The normalized spacial score (nSPS) is 16.9. The predicted octanol–water partition coefficient (Wildman–Crippen LogP) is 1.32. The minimum atomic E-state index is -0.235. The lowest BCUT2D eigenvalue weighted by Gasteiger charge is -2.20. The number of anilines is 1. The number of hydrogen-bond donors (Lipinski definition) is 3. The molecule has 1 aromatic rings. The molecule has 0 radical (unpaired) electrons. The van der Waals surface area contributed by atoms with Crippen molar-refractivity contribution in [2.75, 3.05) is 32.0 Å². The van der Waals surface area contributed by atoms with E-state index in [0.717, 1.165) is 17.7 Å². The SMILES string of the molecule is CNC(C)c1cccc(NC(=O)N2CCCNC(=O)C2)c1. The number of urea groups is 1. The van der Waals surface area contributed by atoms with E-state index in [1.807, 2.05) is 31.3 Å². The molecule has 114 valence electrons. The van der Waals surface area contributed by atoms with Crippen molar-refractivity contribution < 1.29 is 9.59 Å². The molecular weight excluding hydrogens is 268 g/mol. The van der Waals surface area contributed by atoms with Crippen LogP contribution < -0.4 is 16.0 Å². The maximum atomic E-state index is 12.2. The van der Waals surface area contributed by atoms with Crippen molar-refractivity contribution in [3.8, 4) is 0 Å². The van der Waals surface area contributed by atoms with Gasteiger partial charge in [-0.3, -0.25) is 4.79 Å². The molecule has 3 N–H and O–H groups in total. The van der Waals surface area contributed by atoms with Crippen LogP contribution in [0.3, 0.4) is 0 Å². The molecular formula is C15H22N4O2. The van der Waals surface area contributed by atoms with Crippen molar-refractivity contribution in [2.24, 2.45) is 0 Å². The van der Waals surface area contributed by atoms with Crippen LogP contribution in [0.5, 0.6) is 0 Å². The fourth-order valence-corrected chi connectivity index (χ4v) is 2.23. The van der Waals surface area contributed by atoms with Crippen LogP contribution in [-0.2, 0) is 4.79 Å². The van der Waals surface area contributed by atoms with Gasteiger partial charge in [-0.2, -0.15) is 0 Å². The van der Waals surface area contributed by atoms with Gasteiger partial charge in [0.25, 0.3) is 0 Å². The fourth-order valence-electron chi connectivity index (χ4n) is 2.23. The fraction of sp³-hybridized carbons (Fsp3) is 0.467. The molecule has 1 atom stereocenters. The second-order valence-corrected chi connectivity index (χ2v) is 5.19. The monoisotopic (exact) mass is 290 g/mol. The van der Waals surface area contributed by atoms with Crippen molar-refractivity contribution in [3.05, 3.63) is 29.8 Å². The third kappa shape index (κ3) is 4.19. The molecule has 2 rings (SSSR count). The molecule has 0 bridgehead atoms. The van der Waals surface area contributed by atoms with E-state index >= 15 is 0 Å². The molecule has 3 amide bonds. The number of carbonyl (C=O) groups excluding carboxylic acids is 2. The number of nitrogens with one attached hydrogen (secondary N) is 3. The molecule has 6 nitrogen and oxygen atoms in total. The molecule has 0 saturated carbocycles. The van der Waals surface area contributed by atoms with Gasteiger partial charge in [-0.1, -0.05) is 12.1 Å². The van der Waals surface area contributed by atoms with Crippen molar-refractivity contribution in [3.63, 3.8) is 0 Å². The number of hydrogen-bond acceptors (Lipinski definition) is 3. The summed E-state index contributed by atoms with van der Waals surface area (Å²) in [6.07, 6.45) is 0.774. The van der Waals surface area contributed by atoms with Gasteiger partial charge in [0.15, 0.2) is 0 Å². The van der Waals surface area contributed by atoms with Gasteiger partial charge in [-0.05, 0) is 38.1 Å². The van der Waals surface area contributed by atoms with Crippen LogP contribution in [0, 0.1) is 0 Å². The Morgan fingerprint density at radius 3 is 3.00 bits per heavy atom. The molecule has 21 heavy (non-hydrogen) atoms. The highest BCUT2D eigenvalue weighted by Crippen LogP contribution is 2.17.